The molecule has 0 amide bonds. The van der Waals surface area contributed by atoms with Gasteiger partial charge in [-0.1, -0.05) is 0 Å². The van der Waals surface area contributed by atoms with Crippen molar-refractivity contribution in [1.82, 2.24) is 14.5 Å². The Labute approximate surface area is 131 Å². The summed E-state index contributed by atoms with van der Waals surface area (Å²) in [6.45, 7) is 4.98. The first kappa shape index (κ1) is 15.9. The van der Waals surface area contributed by atoms with Gasteiger partial charge in [0.15, 0.2) is 0 Å². The van der Waals surface area contributed by atoms with E-state index >= 15 is 0 Å². The largest absolute Gasteiger partial charge is 0.387 e. The van der Waals surface area contributed by atoms with Crippen molar-refractivity contribution >= 4 is 0 Å². The molecule has 0 radical (unpaired) electrons. The molecule has 2 N–H and O–H groups in total. The molecule has 22 heavy (non-hydrogen) atoms. The van der Waals surface area contributed by atoms with Crippen LogP contribution in [0.5, 0.6) is 0 Å². The number of rotatable bonds is 3. The summed E-state index contributed by atoms with van der Waals surface area (Å²) in [7, 11) is 2.02. The summed E-state index contributed by atoms with van der Waals surface area (Å²) < 4.78 is 7.97. The highest BCUT2D eigenvalue weighted by molar-refractivity contribution is 5.04. The van der Waals surface area contributed by atoms with Gasteiger partial charge < -0.3 is 24.4 Å². The van der Waals surface area contributed by atoms with Gasteiger partial charge >= 0.3 is 0 Å². The van der Waals surface area contributed by atoms with Crippen LogP contribution in [0.2, 0.25) is 0 Å². The van der Waals surface area contributed by atoms with Gasteiger partial charge in [-0.3, -0.25) is 0 Å². The molecule has 2 aliphatic rings. The SMILES string of the molecule is Cn1ccnc1CCN1CCC2(CC1)OCC[C@@](C)(O)[C@@H]2O. The van der Waals surface area contributed by atoms with Crippen LogP contribution in [0.1, 0.15) is 32.0 Å². The summed E-state index contributed by atoms with van der Waals surface area (Å²) in [5.41, 5.74) is -1.60. The van der Waals surface area contributed by atoms with E-state index in [1.807, 2.05) is 19.4 Å². The van der Waals surface area contributed by atoms with Crippen molar-refractivity contribution in [1.29, 1.82) is 0 Å². The third kappa shape index (κ3) is 2.93. The minimum atomic E-state index is -1.03. The molecule has 0 saturated carbocycles. The first-order chi connectivity index (χ1) is 10.4. The van der Waals surface area contributed by atoms with Crippen LogP contribution < -0.4 is 0 Å². The molecule has 124 valence electrons. The van der Waals surface area contributed by atoms with E-state index in [4.69, 9.17) is 4.74 Å². The van der Waals surface area contributed by atoms with Crippen LogP contribution >= 0.6 is 0 Å². The van der Waals surface area contributed by atoms with Gasteiger partial charge in [-0.15, -0.1) is 0 Å². The number of likely N-dealkylation sites (tertiary alicyclic amines) is 1. The molecule has 6 heteroatoms. The number of aryl methyl sites for hydroxylation is 1. The quantitative estimate of drug-likeness (QED) is 0.842. The standard InChI is InChI=1S/C16H27N3O3/c1-15(21)6-12-22-16(14(15)20)4-9-19(10-5-16)8-3-13-17-7-11-18(13)2/h7,11,14,20-21H,3-6,8-10,12H2,1-2H3/t14-,15+/m0/s1. The van der Waals surface area contributed by atoms with Crippen LogP contribution in [-0.2, 0) is 18.2 Å². The zero-order valence-corrected chi connectivity index (χ0v) is 13.5. The lowest BCUT2D eigenvalue weighted by Gasteiger charge is -2.51. The molecule has 0 aliphatic carbocycles. The Morgan fingerprint density at radius 1 is 1.36 bits per heavy atom. The second-order valence-electron chi connectivity index (χ2n) is 6.97. The van der Waals surface area contributed by atoms with Gasteiger partial charge in [-0.05, 0) is 19.8 Å². The number of aliphatic hydroxyl groups excluding tert-OH is 1. The van der Waals surface area contributed by atoms with Crippen molar-refractivity contribution < 1.29 is 14.9 Å². The maximum atomic E-state index is 10.5. The topological polar surface area (TPSA) is 70.8 Å². The van der Waals surface area contributed by atoms with Crippen LogP contribution in [0.4, 0.5) is 0 Å². The summed E-state index contributed by atoms with van der Waals surface area (Å²) in [5.74, 6) is 1.09. The van der Waals surface area contributed by atoms with Crippen LogP contribution in [-0.4, -0.2) is 68.2 Å². The van der Waals surface area contributed by atoms with Gasteiger partial charge in [0, 0.05) is 51.9 Å². The van der Waals surface area contributed by atoms with Gasteiger partial charge in [0.2, 0.25) is 0 Å². The Kier molecular flexibility index (Phi) is 4.29. The van der Waals surface area contributed by atoms with E-state index in [-0.39, 0.29) is 0 Å². The summed E-state index contributed by atoms with van der Waals surface area (Å²) in [4.78, 5) is 6.74. The van der Waals surface area contributed by atoms with Gasteiger partial charge in [-0.25, -0.2) is 4.98 Å². The molecule has 2 aliphatic heterocycles. The highest BCUT2D eigenvalue weighted by atomic mass is 16.5. The smallest absolute Gasteiger partial charge is 0.111 e. The first-order valence-electron chi connectivity index (χ1n) is 8.16. The van der Waals surface area contributed by atoms with Crippen molar-refractivity contribution in [2.24, 2.45) is 7.05 Å². The second kappa shape index (κ2) is 5.92. The minimum Gasteiger partial charge on any atom is -0.387 e. The van der Waals surface area contributed by atoms with E-state index in [2.05, 4.69) is 14.5 Å². The normalized spacial score (nSPS) is 32.5. The van der Waals surface area contributed by atoms with Crippen LogP contribution in [0.3, 0.4) is 0 Å². The molecule has 2 fully saturated rings. The average Bonchev–Trinajstić information content (AvgIpc) is 2.90. The zero-order valence-electron chi connectivity index (χ0n) is 13.5. The zero-order chi connectivity index (χ0) is 15.8. The van der Waals surface area contributed by atoms with E-state index in [1.54, 1.807) is 6.92 Å². The molecule has 1 aromatic heterocycles. The average molecular weight is 309 g/mol. The number of hydrogen-bond acceptors (Lipinski definition) is 5. The number of nitrogens with zero attached hydrogens (tertiary/aromatic N) is 3. The van der Waals surface area contributed by atoms with Gasteiger partial charge in [0.05, 0.1) is 17.8 Å². The van der Waals surface area contributed by atoms with E-state index in [9.17, 15) is 10.2 Å². The van der Waals surface area contributed by atoms with Gasteiger partial charge in [0.25, 0.3) is 0 Å². The van der Waals surface area contributed by atoms with Crippen LogP contribution in [0.25, 0.3) is 0 Å². The molecule has 3 heterocycles. The van der Waals surface area contributed by atoms with Crippen molar-refractivity contribution in [3.05, 3.63) is 18.2 Å². The molecule has 0 unspecified atom stereocenters. The number of imidazole rings is 1. The van der Waals surface area contributed by atoms with Crippen molar-refractivity contribution in [3.63, 3.8) is 0 Å². The molecular weight excluding hydrogens is 282 g/mol. The molecule has 2 saturated heterocycles. The van der Waals surface area contributed by atoms with Crippen molar-refractivity contribution in [2.45, 2.75) is 49.9 Å². The molecule has 1 spiro atoms. The fourth-order valence-electron chi connectivity index (χ4n) is 3.71. The molecule has 0 aromatic carbocycles. The maximum Gasteiger partial charge on any atom is 0.111 e. The monoisotopic (exact) mass is 309 g/mol. The fraction of sp³-hybridized carbons (Fsp3) is 0.812. The number of hydrogen-bond donors (Lipinski definition) is 2. The molecule has 6 nitrogen and oxygen atoms in total. The van der Waals surface area contributed by atoms with Crippen LogP contribution in [0.15, 0.2) is 12.4 Å². The molecule has 1 aromatic rings. The molecule has 0 bridgehead atoms. The van der Waals surface area contributed by atoms with E-state index in [0.717, 1.165) is 44.7 Å². The Hall–Kier alpha value is -0.950. The van der Waals surface area contributed by atoms with E-state index < -0.39 is 17.3 Å². The number of ether oxygens (including phenoxy) is 1. The molecule has 2 atom stereocenters. The summed E-state index contributed by atoms with van der Waals surface area (Å²) in [6.07, 6.45) is 5.96. The summed E-state index contributed by atoms with van der Waals surface area (Å²) in [5, 5.41) is 20.8. The van der Waals surface area contributed by atoms with Crippen molar-refractivity contribution in [3.8, 4) is 0 Å². The Morgan fingerprint density at radius 3 is 2.73 bits per heavy atom. The highest BCUT2D eigenvalue weighted by Crippen LogP contribution is 2.39. The number of piperidine rings is 1. The number of aromatic nitrogens is 2. The predicted molar refractivity (Wildman–Crippen MR) is 82.5 cm³/mol. The van der Waals surface area contributed by atoms with Gasteiger partial charge in [-0.2, -0.15) is 0 Å². The Morgan fingerprint density at radius 2 is 2.09 bits per heavy atom. The fourth-order valence-corrected chi connectivity index (χ4v) is 3.71. The predicted octanol–water partition coefficient (Wildman–Crippen LogP) is 0.329. The molecule has 3 rings (SSSR count). The first-order valence-corrected chi connectivity index (χ1v) is 8.16. The summed E-state index contributed by atoms with van der Waals surface area (Å²) in [6, 6.07) is 0. The third-order valence-electron chi connectivity index (χ3n) is 5.36. The Balaban J connectivity index is 1.55. The minimum absolute atomic E-state index is 0.499. The lowest BCUT2D eigenvalue weighted by atomic mass is 9.75. The molecular formula is C16H27N3O3. The third-order valence-corrected chi connectivity index (χ3v) is 5.36. The maximum absolute atomic E-state index is 10.5. The van der Waals surface area contributed by atoms with Gasteiger partial charge in [0.1, 0.15) is 11.9 Å². The lowest BCUT2D eigenvalue weighted by Crippen LogP contribution is -2.64. The Bertz CT molecular complexity index is 506. The summed E-state index contributed by atoms with van der Waals surface area (Å²) >= 11 is 0. The lowest BCUT2D eigenvalue weighted by molar-refractivity contribution is -0.246. The van der Waals surface area contributed by atoms with E-state index in [0.29, 0.717) is 13.0 Å². The highest BCUT2D eigenvalue weighted by Gasteiger charge is 2.52. The van der Waals surface area contributed by atoms with Crippen molar-refractivity contribution in [2.75, 3.05) is 26.2 Å². The van der Waals surface area contributed by atoms with Crippen LogP contribution in [0, 0.1) is 0 Å². The van der Waals surface area contributed by atoms with E-state index in [1.165, 1.54) is 0 Å². The second-order valence-corrected chi connectivity index (χ2v) is 6.97. The number of aliphatic hydroxyl groups is 2.